The number of nitrogens with zero attached hydrogens (tertiary/aromatic N) is 2. The molecule has 5 nitrogen and oxygen atoms in total. The third-order valence-electron chi connectivity index (χ3n) is 4.08. The van der Waals surface area contributed by atoms with E-state index in [4.69, 9.17) is 0 Å². The molecular formula is C21H19BrN4O. The minimum Gasteiger partial charge on any atom is -0.272 e. The van der Waals surface area contributed by atoms with Crippen LogP contribution in [0.4, 0.5) is 0 Å². The molecule has 1 heterocycles. The number of hydrogen-bond acceptors (Lipinski definition) is 3. The average molecular weight is 423 g/mol. The Morgan fingerprint density at radius 3 is 2.63 bits per heavy atom. The molecule has 0 unspecified atom stereocenters. The van der Waals surface area contributed by atoms with Crippen molar-refractivity contribution >= 4 is 34.1 Å². The minimum atomic E-state index is -0.353. The van der Waals surface area contributed by atoms with Gasteiger partial charge in [-0.15, -0.1) is 0 Å². The number of allylic oxidation sites excluding steroid dienone is 1. The molecule has 0 atom stereocenters. The maximum atomic E-state index is 12.2. The van der Waals surface area contributed by atoms with Gasteiger partial charge in [-0.25, -0.2) is 5.43 Å². The van der Waals surface area contributed by atoms with Gasteiger partial charge >= 0.3 is 0 Å². The Bertz CT molecular complexity index is 1010. The van der Waals surface area contributed by atoms with Gasteiger partial charge in [-0.2, -0.15) is 10.2 Å². The molecule has 0 saturated carbocycles. The Hall–Kier alpha value is -2.99. The first-order valence-electron chi connectivity index (χ1n) is 8.41. The van der Waals surface area contributed by atoms with Crippen LogP contribution in [-0.2, 0) is 0 Å². The summed E-state index contributed by atoms with van der Waals surface area (Å²) in [4.78, 5) is 12.2. The highest BCUT2D eigenvalue weighted by Crippen LogP contribution is 2.20. The van der Waals surface area contributed by atoms with Gasteiger partial charge in [0.1, 0.15) is 5.69 Å². The van der Waals surface area contributed by atoms with Gasteiger partial charge in [-0.3, -0.25) is 9.89 Å². The molecule has 136 valence electrons. The first-order chi connectivity index (χ1) is 13.0. The van der Waals surface area contributed by atoms with Crippen LogP contribution in [0, 0.1) is 13.8 Å². The van der Waals surface area contributed by atoms with Crippen molar-refractivity contribution < 1.29 is 4.79 Å². The summed E-state index contributed by atoms with van der Waals surface area (Å²) in [5.74, 6) is -0.353. The number of carbonyl (C=O) groups is 1. The van der Waals surface area contributed by atoms with Crippen LogP contribution in [0.1, 0.15) is 27.2 Å². The number of carbonyl (C=O) groups excluding carboxylic acids is 1. The van der Waals surface area contributed by atoms with Gasteiger partial charge in [0.25, 0.3) is 5.91 Å². The Morgan fingerprint density at radius 1 is 1.11 bits per heavy atom. The SMILES string of the molecule is Cc1ccc(-c2cc(C(=O)N/N=C\C(Br)=C\c3ccccc3)[nH]n2)cc1C. The second kappa shape index (κ2) is 8.60. The van der Waals surface area contributed by atoms with Gasteiger partial charge < -0.3 is 0 Å². The minimum absolute atomic E-state index is 0.350. The molecule has 0 aliphatic carbocycles. The molecule has 0 aliphatic rings. The quantitative estimate of drug-likeness (QED) is 0.455. The average Bonchev–Trinajstić information content (AvgIpc) is 3.15. The zero-order chi connectivity index (χ0) is 19.2. The molecule has 27 heavy (non-hydrogen) atoms. The molecule has 0 fully saturated rings. The number of aromatic amines is 1. The van der Waals surface area contributed by atoms with Crippen molar-refractivity contribution in [2.24, 2.45) is 5.10 Å². The second-order valence-corrected chi connectivity index (χ2v) is 7.02. The number of nitrogens with one attached hydrogen (secondary N) is 2. The summed E-state index contributed by atoms with van der Waals surface area (Å²) in [7, 11) is 0. The van der Waals surface area contributed by atoms with Gasteiger partial charge in [-0.1, -0.05) is 42.5 Å². The van der Waals surface area contributed by atoms with Crippen LogP contribution in [-0.4, -0.2) is 22.3 Å². The molecule has 1 aromatic heterocycles. The molecule has 3 rings (SSSR count). The maximum absolute atomic E-state index is 12.2. The Labute approximate surface area is 166 Å². The van der Waals surface area contributed by atoms with Gasteiger partial charge in [0, 0.05) is 10.0 Å². The van der Waals surface area contributed by atoms with Crippen molar-refractivity contribution in [1.82, 2.24) is 15.6 Å². The number of halogens is 1. The monoisotopic (exact) mass is 422 g/mol. The van der Waals surface area contributed by atoms with E-state index in [9.17, 15) is 4.79 Å². The summed E-state index contributed by atoms with van der Waals surface area (Å²) in [5, 5.41) is 10.9. The van der Waals surface area contributed by atoms with E-state index in [2.05, 4.69) is 56.6 Å². The van der Waals surface area contributed by atoms with Crippen LogP contribution < -0.4 is 5.43 Å². The van der Waals surface area contributed by atoms with Gasteiger partial charge in [0.2, 0.25) is 0 Å². The van der Waals surface area contributed by atoms with Crippen molar-refractivity contribution in [3.05, 3.63) is 81.5 Å². The standard InChI is InChI=1S/C21H19BrN4O/c1-14-8-9-17(10-15(14)2)19-12-20(25-24-19)21(27)26-23-13-18(22)11-16-6-4-3-5-7-16/h3-13H,1-2H3,(H,24,25)(H,26,27)/b18-11-,23-13-. The smallest absolute Gasteiger partial charge is 0.272 e. The lowest BCUT2D eigenvalue weighted by Gasteiger charge is -2.01. The fourth-order valence-corrected chi connectivity index (χ4v) is 2.81. The molecule has 1 amide bonds. The Morgan fingerprint density at radius 2 is 1.89 bits per heavy atom. The van der Waals surface area contributed by atoms with Crippen molar-refractivity contribution in [1.29, 1.82) is 0 Å². The van der Waals surface area contributed by atoms with Crippen LogP contribution in [0.25, 0.3) is 17.3 Å². The molecule has 0 aliphatic heterocycles. The zero-order valence-electron chi connectivity index (χ0n) is 15.0. The molecule has 0 radical (unpaired) electrons. The first-order valence-corrected chi connectivity index (χ1v) is 9.21. The van der Waals surface area contributed by atoms with E-state index in [1.54, 1.807) is 6.07 Å². The number of hydrazone groups is 1. The van der Waals surface area contributed by atoms with E-state index >= 15 is 0 Å². The lowest BCUT2D eigenvalue weighted by Crippen LogP contribution is -2.17. The van der Waals surface area contributed by atoms with Crippen LogP contribution in [0.2, 0.25) is 0 Å². The van der Waals surface area contributed by atoms with Crippen LogP contribution >= 0.6 is 15.9 Å². The molecule has 0 spiro atoms. The summed E-state index contributed by atoms with van der Waals surface area (Å²) in [5.41, 5.74) is 7.96. The molecule has 3 aromatic rings. The number of hydrogen-bond donors (Lipinski definition) is 2. The Balaban J connectivity index is 1.64. The van der Waals surface area contributed by atoms with E-state index in [0.29, 0.717) is 5.69 Å². The van der Waals surface area contributed by atoms with Gasteiger partial charge in [-0.05, 0) is 64.7 Å². The summed E-state index contributed by atoms with van der Waals surface area (Å²) < 4.78 is 0.745. The molecular weight excluding hydrogens is 404 g/mol. The van der Waals surface area contributed by atoms with E-state index in [1.807, 2.05) is 48.5 Å². The Kier molecular flexibility index (Phi) is 5.98. The van der Waals surface area contributed by atoms with E-state index in [0.717, 1.165) is 21.3 Å². The van der Waals surface area contributed by atoms with E-state index in [-0.39, 0.29) is 5.91 Å². The van der Waals surface area contributed by atoms with Crippen LogP contribution in [0.5, 0.6) is 0 Å². The lowest BCUT2D eigenvalue weighted by molar-refractivity contribution is 0.0950. The van der Waals surface area contributed by atoms with Crippen molar-refractivity contribution in [2.45, 2.75) is 13.8 Å². The van der Waals surface area contributed by atoms with Crippen LogP contribution in [0.3, 0.4) is 0 Å². The summed E-state index contributed by atoms with van der Waals surface area (Å²) in [6.45, 7) is 4.11. The third-order valence-corrected chi connectivity index (χ3v) is 4.52. The largest absolute Gasteiger partial charge is 0.289 e. The number of benzene rings is 2. The van der Waals surface area contributed by atoms with Crippen LogP contribution in [0.15, 0.2) is 64.2 Å². The number of rotatable bonds is 5. The number of aryl methyl sites for hydroxylation is 2. The van der Waals surface area contributed by atoms with Gasteiger partial charge in [0.05, 0.1) is 11.9 Å². The van der Waals surface area contributed by atoms with Crippen molar-refractivity contribution in [2.75, 3.05) is 0 Å². The predicted molar refractivity (Wildman–Crippen MR) is 113 cm³/mol. The summed E-state index contributed by atoms with van der Waals surface area (Å²) in [6, 6.07) is 17.6. The normalized spacial score (nSPS) is 11.7. The van der Waals surface area contributed by atoms with Crippen molar-refractivity contribution in [3.8, 4) is 11.3 Å². The lowest BCUT2D eigenvalue weighted by atomic mass is 10.0. The molecule has 2 N–H and O–H groups in total. The topological polar surface area (TPSA) is 70.1 Å². The number of aromatic nitrogens is 2. The predicted octanol–water partition coefficient (Wildman–Crippen LogP) is 4.85. The molecule has 6 heteroatoms. The molecule has 0 saturated heterocycles. The third kappa shape index (κ3) is 5.01. The molecule has 0 bridgehead atoms. The van der Waals surface area contributed by atoms with Gasteiger partial charge in [0.15, 0.2) is 0 Å². The molecule has 2 aromatic carbocycles. The summed E-state index contributed by atoms with van der Waals surface area (Å²) >= 11 is 3.41. The zero-order valence-corrected chi connectivity index (χ0v) is 16.6. The highest BCUT2D eigenvalue weighted by Gasteiger charge is 2.10. The fraction of sp³-hybridized carbons (Fsp3) is 0.0952. The highest BCUT2D eigenvalue weighted by molar-refractivity contribution is 9.12. The van der Waals surface area contributed by atoms with Crippen molar-refractivity contribution in [3.63, 3.8) is 0 Å². The fourth-order valence-electron chi connectivity index (χ4n) is 2.45. The number of amides is 1. The second-order valence-electron chi connectivity index (χ2n) is 6.10. The highest BCUT2D eigenvalue weighted by atomic mass is 79.9. The van der Waals surface area contributed by atoms with E-state index in [1.165, 1.54) is 17.3 Å². The number of H-pyrrole nitrogens is 1. The summed E-state index contributed by atoms with van der Waals surface area (Å²) in [6.07, 6.45) is 3.44. The first kappa shape index (κ1) is 18.8. The van der Waals surface area contributed by atoms with E-state index < -0.39 is 0 Å². The maximum Gasteiger partial charge on any atom is 0.289 e.